The second-order valence-electron chi connectivity index (χ2n) is 14.8. The zero-order valence-electron chi connectivity index (χ0n) is 30.1. The summed E-state index contributed by atoms with van der Waals surface area (Å²) in [7, 11) is -1.41. The summed E-state index contributed by atoms with van der Waals surface area (Å²) >= 11 is 0. The number of pyridine rings is 1. The van der Waals surface area contributed by atoms with Crippen LogP contribution in [0.1, 0.15) is 58.8 Å². The van der Waals surface area contributed by atoms with Crippen LogP contribution in [0.4, 0.5) is 9.18 Å². The van der Waals surface area contributed by atoms with Gasteiger partial charge in [0.05, 0.1) is 20.8 Å². The average Bonchev–Trinajstić information content (AvgIpc) is 4.02. The summed E-state index contributed by atoms with van der Waals surface area (Å²) in [6.45, 7) is 2.49. The molecule has 53 heavy (non-hydrogen) atoms. The molecule has 4 N–H and O–H groups in total. The quantitative estimate of drug-likeness (QED) is 0.274. The van der Waals surface area contributed by atoms with E-state index in [1.54, 1.807) is 37.3 Å². The van der Waals surface area contributed by atoms with E-state index in [-0.39, 0.29) is 49.9 Å². The van der Waals surface area contributed by atoms with E-state index in [2.05, 4.69) is 15.6 Å². The van der Waals surface area contributed by atoms with Crippen molar-refractivity contribution < 1.29 is 51.3 Å². The van der Waals surface area contributed by atoms with Crippen LogP contribution in [0.5, 0.6) is 17.5 Å². The van der Waals surface area contributed by atoms with E-state index >= 15 is 0 Å². The van der Waals surface area contributed by atoms with Gasteiger partial charge >= 0.3 is 6.09 Å². The molecule has 2 aromatic rings. The van der Waals surface area contributed by atoms with E-state index < -0.39 is 80.8 Å². The van der Waals surface area contributed by atoms with Crippen molar-refractivity contribution in [3.8, 4) is 17.5 Å². The number of ether oxygens (including phenoxy) is 3. The molecule has 4 aliphatic rings. The lowest BCUT2D eigenvalue weighted by Crippen LogP contribution is -2.59. The summed E-state index contributed by atoms with van der Waals surface area (Å²) in [5.41, 5.74) is -1.68. The standard InChI is InChI=1S/C36H46FN5O10S/c1-20-7-5-6-8-23-17-36(23,33(45)41-53(48,49)35(19-37)11-12-35)40-30(43)27-16-25(18-42(27)32(44)29(21(2)13-20)39-34(46)47)52-31-26-10-9-24(50-3)14-22(26)15-28(38-31)51-4/h6,8-10,14-15,20-21,23,25,27,29,39H,5,7,11-13,16-19H2,1-4H3,(H,40,43)(H,41,45)(H,46,47)/b8-6-/t20-,21-,23-,25-,27+,29+,36-/m1/s1. The average molecular weight is 760 g/mol. The van der Waals surface area contributed by atoms with Crippen molar-refractivity contribution in [2.75, 3.05) is 27.4 Å². The van der Waals surface area contributed by atoms with Gasteiger partial charge in [0.1, 0.15) is 40.9 Å². The molecule has 7 atom stereocenters. The van der Waals surface area contributed by atoms with Crippen LogP contribution in [0.25, 0.3) is 10.8 Å². The van der Waals surface area contributed by atoms with E-state index in [1.165, 1.54) is 19.1 Å². The third-order valence-corrected chi connectivity index (χ3v) is 13.1. The van der Waals surface area contributed by atoms with E-state index in [1.807, 2.05) is 17.7 Å². The highest BCUT2D eigenvalue weighted by molar-refractivity contribution is 7.91. The lowest BCUT2D eigenvalue weighted by Gasteiger charge is -2.32. The largest absolute Gasteiger partial charge is 0.497 e. The van der Waals surface area contributed by atoms with Gasteiger partial charge in [-0.25, -0.2) is 17.6 Å². The minimum Gasteiger partial charge on any atom is -0.497 e. The summed E-state index contributed by atoms with van der Waals surface area (Å²) < 4.78 is 57.5. The number of benzene rings is 1. The minimum absolute atomic E-state index is 0.0693. The Balaban J connectivity index is 1.35. The molecule has 1 saturated heterocycles. The molecule has 1 aromatic heterocycles. The number of hydrogen-bond donors (Lipinski definition) is 4. The zero-order chi connectivity index (χ0) is 38.3. The zero-order valence-corrected chi connectivity index (χ0v) is 30.9. The Morgan fingerprint density at radius 1 is 1.13 bits per heavy atom. The Bertz CT molecular complexity index is 1920. The third kappa shape index (κ3) is 7.57. The molecule has 288 valence electrons. The number of carbonyl (C=O) groups is 4. The fraction of sp³-hybridized carbons (Fsp3) is 0.583. The maximum Gasteiger partial charge on any atom is 0.405 e. The van der Waals surface area contributed by atoms with Gasteiger partial charge in [0.25, 0.3) is 5.91 Å². The smallest absolute Gasteiger partial charge is 0.405 e. The molecule has 2 saturated carbocycles. The van der Waals surface area contributed by atoms with Crippen molar-refractivity contribution >= 4 is 44.6 Å². The number of carboxylic acid groups (broad SMARTS) is 1. The van der Waals surface area contributed by atoms with Gasteiger partial charge in [-0.2, -0.15) is 4.98 Å². The molecule has 3 heterocycles. The fourth-order valence-electron chi connectivity index (χ4n) is 7.54. The highest BCUT2D eigenvalue weighted by Gasteiger charge is 2.64. The molecule has 3 fully saturated rings. The van der Waals surface area contributed by atoms with Gasteiger partial charge < -0.3 is 34.9 Å². The molecule has 6 rings (SSSR count). The van der Waals surface area contributed by atoms with Crippen LogP contribution in [0, 0.1) is 17.8 Å². The first kappa shape index (κ1) is 38.1. The van der Waals surface area contributed by atoms with Gasteiger partial charge in [-0.15, -0.1) is 0 Å². The van der Waals surface area contributed by atoms with Gasteiger partial charge in [-0.3, -0.25) is 19.1 Å². The Morgan fingerprint density at radius 2 is 1.89 bits per heavy atom. The summed E-state index contributed by atoms with van der Waals surface area (Å²) in [5, 5.41) is 16.2. The lowest BCUT2D eigenvalue weighted by molar-refractivity contribution is -0.142. The van der Waals surface area contributed by atoms with E-state index in [0.29, 0.717) is 35.8 Å². The molecule has 17 heteroatoms. The Labute approximate surface area is 307 Å². The molecule has 0 bridgehead atoms. The van der Waals surface area contributed by atoms with Gasteiger partial charge in [0.2, 0.25) is 33.6 Å². The monoisotopic (exact) mass is 759 g/mol. The van der Waals surface area contributed by atoms with Gasteiger partial charge in [-0.1, -0.05) is 26.0 Å². The Hall–Kier alpha value is -4.67. The van der Waals surface area contributed by atoms with E-state index in [0.717, 1.165) is 0 Å². The maximum atomic E-state index is 14.4. The number of carbonyl (C=O) groups excluding carboxylic acids is 3. The fourth-order valence-corrected chi connectivity index (χ4v) is 8.97. The topological polar surface area (TPSA) is 203 Å². The normalized spacial score (nSPS) is 30.4. The number of aromatic nitrogens is 1. The molecule has 0 radical (unpaired) electrons. The highest BCUT2D eigenvalue weighted by Crippen LogP contribution is 2.48. The number of nitrogens with zero attached hydrogens (tertiary/aromatic N) is 2. The molecule has 0 unspecified atom stereocenters. The summed E-state index contributed by atoms with van der Waals surface area (Å²) in [6, 6.07) is 4.51. The summed E-state index contributed by atoms with van der Waals surface area (Å²) in [5.74, 6) is -2.33. The predicted octanol–water partition coefficient (Wildman–Crippen LogP) is 3.07. The van der Waals surface area contributed by atoms with Crippen molar-refractivity contribution in [3.05, 3.63) is 36.4 Å². The number of allylic oxidation sites excluding steroid dienone is 1. The molecule has 1 aromatic carbocycles. The second kappa shape index (κ2) is 14.6. The number of hydrogen-bond acceptors (Lipinski definition) is 10. The molecule has 0 spiro atoms. The molecule has 4 amide bonds. The number of sulfonamides is 1. The van der Waals surface area contributed by atoms with Crippen LogP contribution >= 0.6 is 0 Å². The SMILES string of the molecule is COc1ccc2c(O[C@@H]3C[C@H]4C(=O)N[C@]5(C(=O)NS(=O)(=O)C6(CF)CC6)C[C@H]5/C=C\CC[C@@H](C)C[C@@H](C)[C@H](NC(=O)O)C(=O)N4C3)nc(OC)cc2c1. The first-order chi connectivity index (χ1) is 25.2. The molecule has 2 aliphatic heterocycles. The van der Waals surface area contributed by atoms with Crippen molar-refractivity contribution in [1.82, 2.24) is 25.2 Å². The van der Waals surface area contributed by atoms with Crippen LogP contribution in [0.15, 0.2) is 36.4 Å². The number of amides is 4. The van der Waals surface area contributed by atoms with Crippen molar-refractivity contribution in [1.29, 1.82) is 0 Å². The van der Waals surface area contributed by atoms with Crippen LogP contribution in [-0.4, -0.2) is 103 Å². The number of halogens is 1. The first-order valence-corrected chi connectivity index (χ1v) is 19.2. The van der Waals surface area contributed by atoms with Crippen molar-refractivity contribution in [2.24, 2.45) is 17.8 Å². The van der Waals surface area contributed by atoms with Crippen molar-refractivity contribution in [2.45, 2.75) is 87.3 Å². The Kier molecular flexibility index (Phi) is 10.5. The number of methoxy groups -OCH3 is 2. The molecular formula is C36H46FN5O10S. The Morgan fingerprint density at radius 3 is 2.55 bits per heavy atom. The van der Waals surface area contributed by atoms with Crippen molar-refractivity contribution in [3.63, 3.8) is 0 Å². The van der Waals surface area contributed by atoms with Crippen LogP contribution in [0.2, 0.25) is 0 Å². The summed E-state index contributed by atoms with van der Waals surface area (Å²) in [4.78, 5) is 60.3. The lowest BCUT2D eigenvalue weighted by atomic mass is 9.88. The first-order valence-electron chi connectivity index (χ1n) is 17.8. The maximum absolute atomic E-state index is 14.4. The number of fused-ring (bicyclic) bond motifs is 3. The summed E-state index contributed by atoms with van der Waals surface area (Å²) in [6.07, 6.45) is 3.36. The molecular weight excluding hydrogens is 713 g/mol. The van der Waals surface area contributed by atoms with Crippen LogP contribution in [-0.2, 0) is 24.4 Å². The van der Waals surface area contributed by atoms with Gasteiger partial charge in [0.15, 0.2) is 0 Å². The third-order valence-electron chi connectivity index (χ3n) is 11.0. The van der Waals surface area contributed by atoms with E-state index in [9.17, 15) is 37.1 Å². The van der Waals surface area contributed by atoms with Crippen LogP contribution in [0.3, 0.4) is 0 Å². The molecule has 15 nitrogen and oxygen atoms in total. The number of nitrogens with one attached hydrogen (secondary N) is 3. The second-order valence-corrected chi connectivity index (χ2v) is 16.9. The van der Waals surface area contributed by atoms with E-state index in [4.69, 9.17) is 14.2 Å². The van der Waals surface area contributed by atoms with Crippen LogP contribution < -0.4 is 29.6 Å². The number of alkyl halides is 1. The van der Waals surface area contributed by atoms with Gasteiger partial charge in [-0.05, 0) is 73.9 Å². The highest BCUT2D eigenvalue weighted by atomic mass is 32.2. The predicted molar refractivity (Wildman–Crippen MR) is 190 cm³/mol. The van der Waals surface area contributed by atoms with Gasteiger partial charge in [0, 0.05) is 23.8 Å². The minimum atomic E-state index is -4.40. The molecule has 2 aliphatic carbocycles. The number of rotatable bonds is 9.